The predicted octanol–water partition coefficient (Wildman–Crippen LogP) is 4.30. The molecule has 2 aromatic heterocycles. The Morgan fingerprint density at radius 2 is 2.03 bits per heavy atom. The second-order valence-electron chi connectivity index (χ2n) is 8.83. The third-order valence-corrected chi connectivity index (χ3v) is 7.59. The average molecular weight is 507 g/mol. The highest BCUT2D eigenvalue weighted by molar-refractivity contribution is 8.26. The van der Waals surface area contributed by atoms with Gasteiger partial charge in [-0.3, -0.25) is 18.9 Å². The number of fused-ring (bicyclic) bond motifs is 1. The van der Waals surface area contributed by atoms with E-state index in [4.69, 9.17) is 21.9 Å². The SMILES string of the molecule is Cc1ccc(CN2C(=O)/C(=C/c3c(NC[C@@H]4CCCO4)nc4c(C)cccn4c3=O)SC2=S)cc1. The van der Waals surface area contributed by atoms with E-state index in [0.717, 1.165) is 36.1 Å². The fourth-order valence-electron chi connectivity index (χ4n) is 4.24. The number of thioether (sulfide) groups is 1. The Balaban J connectivity index is 1.50. The molecule has 0 unspecified atom stereocenters. The van der Waals surface area contributed by atoms with Gasteiger partial charge in [-0.15, -0.1) is 0 Å². The van der Waals surface area contributed by atoms with Gasteiger partial charge < -0.3 is 10.1 Å². The van der Waals surface area contributed by atoms with Gasteiger partial charge in [-0.25, -0.2) is 4.98 Å². The lowest BCUT2D eigenvalue weighted by molar-refractivity contribution is -0.122. The minimum atomic E-state index is -0.239. The molecule has 4 heterocycles. The molecule has 2 saturated heterocycles. The maximum absolute atomic E-state index is 13.5. The summed E-state index contributed by atoms with van der Waals surface area (Å²) in [5.74, 6) is 0.239. The summed E-state index contributed by atoms with van der Waals surface area (Å²) in [5.41, 5.74) is 3.72. The summed E-state index contributed by atoms with van der Waals surface area (Å²) in [6, 6.07) is 11.7. The molecular weight excluding hydrogens is 480 g/mol. The number of aryl methyl sites for hydroxylation is 2. The van der Waals surface area contributed by atoms with E-state index in [1.165, 1.54) is 16.2 Å². The lowest BCUT2D eigenvalue weighted by Crippen LogP contribution is -2.27. The third kappa shape index (κ3) is 4.89. The number of carbonyl (C=O) groups is 1. The Bertz CT molecular complexity index is 1390. The number of amides is 1. The molecule has 1 amide bonds. The predicted molar refractivity (Wildman–Crippen MR) is 144 cm³/mol. The van der Waals surface area contributed by atoms with Gasteiger partial charge in [0.25, 0.3) is 11.5 Å². The number of pyridine rings is 1. The highest BCUT2D eigenvalue weighted by Gasteiger charge is 2.33. The van der Waals surface area contributed by atoms with Crippen molar-refractivity contribution in [2.45, 2.75) is 39.3 Å². The van der Waals surface area contributed by atoms with Crippen molar-refractivity contribution in [2.75, 3.05) is 18.5 Å². The van der Waals surface area contributed by atoms with Gasteiger partial charge in [-0.05, 0) is 50.0 Å². The Morgan fingerprint density at radius 1 is 1.23 bits per heavy atom. The molecule has 0 radical (unpaired) electrons. The van der Waals surface area contributed by atoms with Crippen molar-refractivity contribution in [1.29, 1.82) is 0 Å². The number of ether oxygens (including phenoxy) is 1. The van der Waals surface area contributed by atoms with Crippen LogP contribution in [0.5, 0.6) is 0 Å². The van der Waals surface area contributed by atoms with Crippen LogP contribution < -0.4 is 10.9 Å². The molecule has 0 aliphatic carbocycles. The molecule has 0 bridgehead atoms. The molecule has 3 aromatic rings. The van der Waals surface area contributed by atoms with Crippen molar-refractivity contribution in [3.63, 3.8) is 0 Å². The van der Waals surface area contributed by atoms with Gasteiger partial charge in [0.05, 0.1) is 23.1 Å². The van der Waals surface area contributed by atoms with Crippen LogP contribution in [-0.4, -0.2) is 43.8 Å². The van der Waals surface area contributed by atoms with E-state index in [9.17, 15) is 9.59 Å². The van der Waals surface area contributed by atoms with Gasteiger partial charge in [-0.2, -0.15) is 0 Å². The van der Waals surface area contributed by atoms with Gasteiger partial charge in [0, 0.05) is 19.3 Å². The summed E-state index contributed by atoms with van der Waals surface area (Å²) in [4.78, 5) is 33.5. The quantitative estimate of drug-likeness (QED) is 0.395. The number of benzene rings is 1. The molecule has 2 fully saturated rings. The molecule has 2 aliphatic heterocycles. The molecule has 7 nitrogen and oxygen atoms in total. The maximum atomic E-state index is 13.5. The number of nitrogens with one attached hydrogen (secondary N) is 1. The van der Waals surface area contributed by atoms with Crippen LogP contribution in [0, 0.1) is 13.8 Å². The molecule has 9 heteroatoms. The van der Waals surface area contributed by atoms with Crippen molar-refractivity contribution in [1.82, 2.24) is 14.3 Å². The van der Waals surface area contributed by atoms with Gasteiger partial charge in [0.15, 0.2) is 0 Å². The van der Waals surface area contributed by atoms with Crippen molar-refractivity contribution in [3.8, 4) is 0 Å². The number of nitrogens with zero attached hydrogens (tertiary/aromatic N) is 3. The Morgan fingerprint density at radius 3 is 2.77 bits per heavy atom. The van der Waals surface area contributed by atoms with Crippen molar-refractivity contribution < 1.29 is 9.53 Å². The van der Waals surface area contributed by atoms with Crippen LogP contribution in [0.15, 0.2) is 52.3 Å². The molecule has 0 saturated carbocycles. The number of hydrogen-bond acceptors (Lipinski definition) is 7. The average Bonchev–Trinajstić information content (AvgIpc) is 3.45. The van der Waals surface area contributed by atoms with Gasteiger partial charge in [0.2, 0.25) is 0 Å². The molecule has 1 N–H and O–H groups in total. The van der Waals surface area contributed by atoms with Crippen molar-refractivity contribution >= 4 is 51.7 Å². The number of anilines is 1. The van der Waals surface area contributed by atoms with Crippen molar-refractivity contribution in [3.05, 3.63) is 80.1 Å². The first kappa shape index (κ1) is 23.7. The van der Waals surface area contributed by atoms with Crippen LogP contribution in [0.4, 0.5) is 5.82 Å². The highest BCUT2D eigenvalue weighted by atomic mass is 32.2. The van der Waals surface area contributed by atoms with Crippen LogP contribution in [0.3, 0.4) is 0 Å². The topological polar surface area (TPSA) is 75.9 Å². The molecule has 180 valence electrons. The summed E-state index contributed by atoms with van der Waals surface area (Å²) in [7, 11) is 0. The smallest absolute Gasteiger partial charge is 0.267 e. The molecule has 0 spiro atoms. The number of hydrogen-bond donors (Lipinski definition) is 1. The standard InChI is InChI=1S/C26H26N4O3S2/c1-16-7-9-18(10-8-16)15-30-25(32)21(35-26(30)34)13-20-22(27-14-19-6-4-12-33-19)28-23-17(2)5-3-11-29(23)24(20)31/h3,5,7-11,13,19,27H,4,6,12,14-15H2,1-2H3/b21-13-/t19-/m0/s1. The van der Waals surface area contributed by atoms with E-state index in [-0.39, 0.29) is 17.6 Å². The first-order chi connectivity index (χ1) is 16.9. The van der Waals surface area contributed by atoms with Crippen LogP contribution in [0.1, 0.15) is 35.1 Å². The van der Waals surface area contributed by atoms with Crippen molar-refractivity contribution in [2.24, 2.45) is 0 Å². The summed E-state index contributed by atoms with van der Waals surface area (Å²) >= 11 is 6.72. The summed E-state index contributed by atoms with van der Waals surface area (Å²) in [6.45, 7) is 5.62. The Hall–Kier alpha value is -3.01. The van der Waals surface area contributed by atoms with E-state index in [1.807, 2.05) is 50.2 Å². The number of thiocarbonyl (C=S) groups is 1. The number of aromatic nitrogens is 2. The largest absolute Gasteiger partial charge is 0.376 e. The highest BCUT2D eigenvalue weighted by Crippen LogP contribution is 2.34. The normalized spacial score (nSPS) is 19.3. The monoisotopic (exact) mass is 506 g/mol. The Kier molecular flexibility index (Phi) is 6.73. The first-order valence-corrected chi connectivity index (χ1v) is 12.8. The molecule has 35 heavy (non-hydrogen) atoms. The fourth-order valence-corrected chi connectivity index (χ4v) is 5.47. The van der Waals surface area contributed by atoms with Crippen LogP contribution in [-0.2, 0) is 16.1 Å². The molecule has 1 atom stereocenters. The molecule has 5 rings (SSSR count). The van der Waals surface area contributed by atoms with E-state index in [2.05, 4.69) is 5.32 Å². The van der Waals surface area contributed by atoms with Crippen LogP contribution >= 0.6 is 24.0 Å². The summed E-state index contributed by atoms with van der Waals surface area (Å²) in [6.07, 6.45) is 5.38. The van der Waals surface area contributed by atoms with Crippen LogP contribution in [0.2, 0.25) is 0 Å². The minimum Gasteiger partial charge on any atom is -0.376 e. The lowest BCUT2D eigenvalue weighted by Gasteiger charge is -2.15. The van der Waals surface area contributed by atoms with Gasteiger partial charge in [-0.1, -0.05) is 59.9 Å². The Labute approximate surface area is 213 Å². The van der Waals surface area contributed by atoms with E-state index >= 15 is 0 Å². The third-order valence-electron chi connectivity index (χ3n) is 6.22. The van der Waals surface area contributed by atoms with E-state index in [1.54, 1.807) is 17.2 Å². The zero-order valence-electron chi connectivity index (χ0n) is 19.6. The van der Waals surface area contributed by atoms with E-state index in [0.29, 0.717) is 39.3 Å². The fraction of sp³-hybridized carbons (Fsp3) is 0.308. The number of rotatable bonds is 6. The van der Waals surface area contributed by atoms with E-state index < -0.39 is 0 Å². The minimum absolute atomic E-state index is 0.0766. The second kappa shape index (κ2) is 9.93. The zero-order valence-corrected chi connectivity index (χ0v) is 21.2. The molecular formula is C26H26N4O3S2. The van der Waals surface area contributed by atoms with Gasteiger partial charge >= 0.3 is 0 Å². The molecule has 2 aliphatic rings. The maximum Gasteiger partial charge on any atom is 0.267 e. The lowest BCUT2D eigenvalue weighted by atomic mass is 10.1. The number of carbonyl (C=O) groups excluding carboxylic acids is 1. The van der Waals surface area contributed by atoms with Gasteiger partial charge in [0.1, 0.15) is 15.8 Å². The summed E-state index contributed by atoms with van der Waals surface area (Å²) < 4.78 is 7.72. The zero-order chi connectivity index (χ0) is 24.5. The summed E-state index contributed by atoms with van der Waals surface area (Å²) in [5, 5.41) is 3.31. The second-order valence-corrected chi connectivity index (χ2v) is 10.5. The first-order valence-electron chi connectivity index (χ1n) is 11.6. The molecule has 1 aromatic carbocycles. The van der Waals surface area contributed by atoms with Crippen LogP contribution in [0.25, 0.3) is 11.7 Å².